The van der Waals surface area contributed by atoms with Crippen LogP contribution in [0.15, 0.2) is 28.9 Å². The smallest absolute Gasteiger partial charge is 0.128 e. The van der Waals surface area contributed by atoms with Crippen LogP contribution in [-0.4, -0.2) is 12.1 Å². The summed E-state index contributed by atoms with van der Waals surface area (Å²) >= 11 is 3.50. The highest BCUT2D eigenvalue weighted by molar-refractivity contribution is 9.10. The average molecular weight is 267 g/mol. The first-order valence-corrected chi connectivity index (χ1v) is 5.37. The Kier molecular flexibility index (Phi) is 2.88. The number of pyridine rings is 1. The van der Waals surface area contributed by atoms with E-state index in [0.717, 1.165) is 26.7 Å². The second-order valence-corrected chi connectivity index (χ2v) is 3.99. The molecule has 0 bridgehead atoms. The molecule has 3 nitrogen and oxygen atoms in total. The first-order valence-electron chi connectivity index (χ1n) is 4.58. The quantitative estimate of drug-likeness (QED) is 0.909. The number of ether oxygens (including phenoxy) is 1. The van der Waals surface area contributed by atoms with Crippen LogP contribution in [0.5, 0.6) is 5.75 Å². The van der Waals surface area contributed by atoms with Crippen LogP contribution in [0.4, 0.5) is 0 Å². The monoisotopic (exact) mass is 266 g/mol. The van der Waals surface area contributed by atoms with Gasteiger partial charge in [-0.2, -0.15) is 0 Å². The number of benzene rings is 1. The van der Waals surface area contributed by atoms with Crippen molar-refractivity contribution in [2.75, 3.05) is 7.11 Å². The van der Waals surface area contributed by atoms with Gasteiger partial charge in [0.2, 0.25) is 0 Å². The van der Waals surface area contributed by atoms with Gasteiger partial charge in [0.25, 0.3) is 0 Å². The van der Waals surface area contributed by atoms with Crippen molar-refractivity contribution in [3.63, 3.8) is 0 Å². The molecule has 2 N–H and O–H groups in total. The lowest BCUT2D eigenvalue weighted by Gasteiger charge is -2.09. The van der Waals surface area contributed by atoms with E-state index < -0.39 is 0 Å². The zero-order chi connectivity index (χ0) is 10.8. The molecule has 0 fully saturated rings. The van der Waals surface area contributed by atoms with Crippen LogP contribution < -0.4 is 10.5 Å². The van der Waals surface area contributed by atoms with Crippen molar-refractivity contribution in [1.82, 2.24) is 4.98 Å². The lowest BCUT2D eigenvalue weighted by atomic mass is 10.1. The summed E-state index contributed by atoms with van der Waals surface area (Å²) in [4.78, 5) is 4.25. The lowest BCUT2D eigenvalue weighted by Crippen LogP contribution is -2.01. The summed E-state index contributed by atoms with van der Waals surface area (Å²) in [5, 5.41) is 2.06. The van der Waals surface area contributed by atoms with Gasteiger partial charge in [-0.1, -0.05) is 15.9 Å². The Morgan fingerprint density at radius 3 is 2.87 bits per heavy atom. The second-order valence-electron chi connectivity index (χ2n) is 3.13. The highest BCUT2D eigenvalue weighted by Gasteiger charge is 2.09. The number of nitrogens with zero attached hydrogens (tertiary/aromatic N) is 1. The third-order valence-electron chi connectivity index (χ3n) is 2.33. The van der Waals surface area contributed by atoms with Crippen molar-refractivity contribution in [1.29, 1.82) is 0 Å². The number of hydrogen-bond donors (Lipinski definition) is 1. The standard InChI is InChI=1S/C11H11BrN2O/c1-15-10-3-2-8(12)7-4-5-14-9(6-13)11(7)10/h2-5H,6,13H2,1H3. The van der Waals surface area contributed by atoms with Crippen LogP contribution in [0, 0.1) is 0 Å². The fourth-order valence-corrected chi connectivity index (χ4v) is 2.09. The van der Waals surface area contributed by atoms with Crippen molar-refractivity contribution in [3.05, 3.63) is 34.6 Å². The number of aromatic nitrogens is 1. The van der Waals surface area contributed by atoms with Crippen LogP contribution in [0.2, 0.25) is 0 Å². The number of fused-ring (bicyclic) bond motifs is 1. The summed E-state index contributed by atoms with van der Waals surface area (Å²) in [6.07, 6.45) is 1.76. The number of nitrogens with two attached hydrogens (primary N) is 1. The Morgan fingerprint density at radius 1 is 1.40 bits per heavy atom. The van der Waals surface area contributed by atoms with Gasteiger partial charge in [0.1, 0.15) is 5.75 Å². The summed E-state index contributed by atoms with van der Waals surface area (Å²) in [7, 11) is 1.65. The molecule has 1 heterocycles. The first-order chi connectivity index (χ1) is 7.27. The molecular weight excluding hydrogens is 256 g/mol. The molecule has 0 amide bonds. The molecule has 4 heteroatoms. The Hall–Kier alpha value is -1.13. The molecule has 0 spiro atoms. The summed E-state index contributed by atoms with van der Waals surface area (Å²) < 4.78 is 6.33. The zero-order valence-corrected chi connectivity index (χ0v) is 9.91. The van der Waals surface area contributed by atoms with E-state index in [-0.39, 0.29) is 0 Å². The topological polar surface area (TPSA) is 48.1 Å². The molecule has 15 heavy (non-hydrogen) atoms. The number of rotatable bonds is 2. The van der Waals surface area contributed by atoms with Gasteiger partial charge in [0.15, 0.2) is 0 Å². The number of methoxy groups -OCH3 is 1. The van der Waals surface area contributed by atoms with E-state index in [2.05, 4.69) is 20.9 Å². The van der Waals surface area contributed by atoms with Gasteiger partial charge in [0.05, 0.1) is 12.8 Å². The lowest BCUT2D eigenvalue weighted by molar-refractivity contribution is 0.419. The molecule has 0 aliphatic heterocycles. The van der Waals surface area contributed by atoms with Crippen LogP contribution >= 0.6 is 15.9 Å². The Bertz CT molecular complexity index is 489. The number of hydrogen-bond acceptors (Lipinski definition) is 3. The fraction of sp³-hybridized carbons (Fsp3) is 0.182. The minimum Gasteiger partial charge on any atom is -0.496 e. The molecule has 1 aromatic heterocycles. The summed E-state index contributed by atoms with van der Waals surface area (Å²) in [6.45, 7) is 0.407. The van der Waals surface area contributed by atoms with Crippen molar-refractivity contribution in [2.24, 2.45) is 5.73 Å². The van der Waals surface area contributed by atoms with Gasteiger partial charge >= 0.3 is 0 Å². The van der Waals surface area contributed by atoms with Crippen molar-refractivity contribution in [2.45, 2.75) is 6.54 Å². The van der Waals surface area contributed by atoms with E-state index in [9.17, 15) is 0 Å². The number of halogens is 1. The maximum atomic E-state index is 5.66. The predicted molar refractivity (Wildman–Crippen MR) is 63.9 cm³/mol. The van der Waals surface area contributed by atoms with Gasteiger partial charge < -0.3 is 10.5 Å². The molecule has 78 valence electrons. The highest BCUT2D eigenvalue weighted by Crippen LogP contribution is 2.32. The van der Waals surface area contributed by atoms with E-state index in [1.165, 1.54) is 0 Å². The minimum absolute atomic E-state index is 0.407. The molecule has 0 unspecified atom stereocenters. The van der Waals surface area contributed by atoms with Crippen LogP contribution in [0.1, 0.15) is 5.69 Å². The molecule has 0 atom stereocenters. The predicted octanol–water partition coefficient (Wildman–Crippen LogP) is 2.46. The SMILES string of the molecule is COc1ccc(Br)c2ccnc(CN)c12. The summed E-state index contributed by atoms with van der Waals surface area (Å²) in [6, 6.07) is 5.82. The largest absolute Gasteiger partial charge is 0.496 e. The molecule has 0 aliphatic carbocycles. The molecule has 0 radical (unpaired) electrons. The average Bonchev–Trinajstić information content (AvgIpc) is 2.29. The Morgan fingerprint density at radius 2 is 2.20 bits per heavy atom. The van der Waals surface area contributed by atoms with Crippen molar-refractivity contribution < 1.29 is 4.74 Å². The van der Waals surface area contributed by atoms with Crippen LogP contribution in [0.3, 0.4) is 0 Å². The first kappa shape index (κ1) is 10.4. The van der Waals surface area contributed by atoms with Crippen molar-refractivity contribution >= 4 is 26.7 Å². The van der Waals surface area contributed by atoms with Gasteiger partial charge in [0, 0.05) is 28.0 Å². The molecule has 0 aliphatic rings. The molecular formula is C11H11BrN2O. The summed E-state index contributed by atoms with van der Waals surface area (Å²) in [5.41, 5.74) is 6.51. The molecule has 0 saturated carbocycles. The van der Waals surface area contributed by atoms with E-state index in [1.54, 1.807) is 13.3 Å². The van der Waals surface area contributed by atoms with E-state index >= 15 is 0 Å². The molecule has 0 saturated heterocycles. The van der Waals surface area contributed by atoms with Crippen LogP contribution in [-0.2, 0) is 6.54 Å². The maximum absolute atomic E-state index is 5.66. The van der Waals surface area contributed by atoms with E-state index in [4.69, 9.17) is 10.5 Å². The minimum atomic E-state index is 0.407. The van der Waals surface area contributed by atoms with Gasteiger partial charge in [-0.15, -0.1) is 0 Å². The maximum Gasteiger partial charge on any atom is 0.128 e. The van der Waals surface area contributed by atoms with Crippen LogP contribution in [0.25, 0.3) is 10.8 Å². The molecule has 1 aromatic carbocycles. The fourth-order valence-electron chi connectivity index (χ4n) is 1.63. The van der Waals surface area contributed by atoms with Crippen molar-refractivity contribution in [3.8, 4) is 5.75 Å². The van der Waals surface area contributed by atoms with E-state index in [0.29, 0.717) is 6.54 Å². The van der Waals surface area contributed by atoms with Gasteiger partial charge in [-0.3, -0.25) is 4.98 Å². The van der Waals surface area contributed by atoms with E-state index in [1.807, 2.05) is 18.2 Å². The third-order valence-corrected chi connectivity index (χ3v) is 3.02. The van der Waals surface area contributed by atoms with Gasteiger partial charge in [-0.25, -0.2) is 0 Å². The van der Waals surface area contributed by atoms with Gasteiger partial charge in [-0.05, 0) is 18.2 Å². The third kappa shape index (κ3) is 1.70. The second kappa shape index (κ2) is 4.16. The molecule has 2 rings (SSSR count). The normalized spacial score (nSPS) is 10.6. The summed E-state index contributed by atoms with van der Waals surface area (Å²) in [5.74, 6) is 0.807. The Balaban J connectivity index is 2.87. The Labute approximate surface area is 96.4 Å². The highest BCUT2D eigenvalue weighted by atomic mass is 79.9. The molecule has 2 aromatic rings. The zero-order valence-electron chi connectivity index (χ0n) is 8.33.